The number of Topliss-reactive ketones (excluding diaryl/α,β-unsaturated/α-hetero) is 1. The lowest BCUT2D eigenvalue weighted by Gasteiger charge is -2.24. The van der Waals surface area contributed by atoms with Gasteiger partial charge in [0.15, 0.2) is 0 Å². The van der Waals surface area contributed by atoms with Crippen molar-refractivity contribution in [2.45, 2.75) is 59.1 Å². The van der Waals surface area contributed by atoms with Crippen LogP contribution in [0, 0.1) is 11.8 Å². The van der Waals surface area contributed by atoms with Gasteiger partial charge in [-0.05, 0) is 40.5 Å². The summed E-state index contributed by atoms with van der Waals surface area (Å²) in [5.74, 6) is 0.344. The molecule has 2 unspecified atom stereocenters. The summed E-state index contributed by atoms with van der Waals surface area (Å²) in [6.45, 7) is 9.15. The molecule has 4 heteroatoms. The SMILES string of the molecule is CC(NC(=O)OC(C)(C)C)C(C)C(=O)C1CC1. The number of carbonyl (C=O) groups is 2. The van der Waals surface area contributed by atoms with Crippen molar-refractivity contribution >= 4 is 11.9 Å². The van der Waals surface area contributed by atoms with Crippen LogP contribution in [0.5, 0.6) is 0 Å². The van der Waals surface area contributed by atoms with E-state index in [2.05, 4.69) is 5.32 Å². The minimum absolute atomic E-state index is 0.144. The summed E-state index contributed by atoms with van der Waals surface area (Å²) in [4.78, 5) is 23.4. The van der Waals surface area contributed by atoms with Gasteiger partial charge in [0.2, 0.25) is 0 Å². The maximum absolute atomic E-state index is 11.8. The van der Waals surface area contributed by atoms with E-state index in [4.69, 9.17) is 4.74 Å². The number of hydrogen-bond acceptors (Lipinski definition) is 3. The van der Waals surface area contributed by atoms with Crippen molar-refractivity contribution in [3.8, 4) is 0 Å². The highest BCUT2D eigenvalue weighted by Crippen LogP contribution is 2.33. The Labute approximate surface area is 103 Å². The Hall–Kier alpha value is -1.06. The zero-order valence-corrected chi connectivity index (χ0v) is 11.4. The molecule has 0 aromatic rings. The predicted octanol–water partition coefficient (Wildman–Crippen LogP) is 2.51. The third kappa shape index (κ3) is 4.75. The van der Waals surface area contributed by atoms with Crippen LogP contribution < -0.4 is 5.32 Å². The van der Waals surface area contributed by atoms with E-state index in [0.717, 1.165) is 12.8 Å². The highest BCUT2D eigenvalue weighted by atomic mass is 16.6. The quantitative estimate of drug-likeness (QED) is 0.822. The Morgan fingerprint density at radius 2 is 1.76 bits per heavy atom. The lowest BCUT2D eigenvalue weighted by Crippen LogP contribution is -2.43. The van der Waals surface area contributed by atoms with Crippen LogP contribution in [0.15, 0.2) is 0 Å². The first kappa shape index (κ1) is 14.0. The Bertz CT molecular complexity index is 302. The molecule has 17 heavy (non-hydrogen) atoms. The predicted molar refractivity (Wildman–Crippen MR) is 65.7 cm³/mol. The third-order valence-electron chi connectivity index (χ3n) is 2.92. The molecule has 0 aliphatic heterocycles. The normalized spacial score (nSPS) is 19.4. The molecule has 1 fully saturated rings. The average molecular weight is 241 g/mol. The molecule has 1 aliphatic rings. The highest BCUT2D eigenvalue weighted by Gasteiger charge is 2.35. The van der Waals surface area contributed by atoms with Crippen LogP contribution in [0.1, 0.15) is 47.5 Å². The van der Waals surface area contributed by atoms with Crippen molar-refractivity contribution in [1.29, 1.82) is 0 Å². The van der Waals surface area contributed by atoms with E-state index in [1.807, 2.05) is 34.6 Å². The van der Waals surface area contributed by atoms with Crippen LogP contribution in [-0.4, -0.2) is 23.5 Å². The molecule has 2 atom stereocenters. The highest BCUT2D eigenvalue weighted by molar-refractivity contribution is 5.86. The second-order valence-corrected chi connectivity index (χ2v) is 5.90. The first-order valence-electron chi connectivity index (χ1n) is 6.24. The summed E-state index contributed by atoms with van der Waals surface area (Å²) in [6.07, 6.45) is 1.55. The molecule has 0 aromatic carbocycles. The lowest BCUT2D eigenvalue weighted by atomic mass is 9.95. The number of nitrogens with one attached hydrogen (secondary N) is 1. The van der Waals surface area contributed by atoms with E-state index in [1.54, 1.807) is 0 Å². The largest absolute Gasteiger partial charge is 0.444 e. The summed E-state index contributed by atoms with van der Waals surface area (Å²) >= 11 is 0. The molecule has 0 aromatic heterocycles. The second kappa shape index (κ2) is 5.07. The maximum Gasteiger partial charge on any atom is 0.407 e. The smallest absolute Gasteiger partial charge is 0.407 e. The van der Waals surface area contributed by atoms with Crippen molar-refractivity contribution < 1.29 is 14.3 Å². The molecule has 0 spiro atoms. The van der Waals surface area contributed by atoms with Crippen LogP contribution >= 0.6 is 0 Å². The Balaban J connectivity index is 2.39. The summed E-state index contributed by atoms with van der Waals surface area (Å²) in [7, 11) is 0. The van der Waals surface area contributed by atoms with Gasteiger partial charge in [-0.2, -0.15) is 0 Å². The summed E-state index contributed by atoms with van der Waals surface area (Å²) < 4.78 is 5.15. The van der Waals surface area contributed by atoms with Gasteiger partial charge in [0.1, 0.15) is 11.4 Å². The molecule has 0 radical (unpaired) electrons. The molecule has 0 bridgehead atoms. The number of ketones is 1. The van der Waals surface area contributed by atoms with Crippen LogP contribution in [0.2, 0.25) is 0 Å². The average Bonchev–Trinajstić information content (AvgIpc) is 2.95. The van der Waals surface area contributed by atoms with E-state index in [9.17, 15) is 9.59 Å². The van der Waals surface area contributed by atoms with Gasteiger partial charge < -0.3 is 10.1 Å². The molecule has 1 rings (SSSR count). The van der Waals surface area contributed by atoms with Crippen LogP contribution in [0.4, 0.5) is 4.79 Å². The number of hydrogen-bond donors (Lipinski definition) is 1. The van der Waals surface area contributed by atoms with Crippen molar-refractivity contribution in [3.05, 3.63) is 0 Å². The van der Waals surface area contributed by atoms with Crippen molar-refractivity contribution in [2.24, 2.45) is 11.8 Å². The van der Waals surface area contributed by atoms with E-state index >= 15 is 0 Å². The van der Waals surface area contributed by atoms with Gasteiger partial charge in [-0.25, -0.2) is 4.79 Å². The minimum Gasteiger partial charge on any atom is -0.444 e. The van der Waals surface area contributed by atoms with Gasteiger partial charge in [-0.3, -0.25) is 4.79 Å². The Kier molecular flexibility index (Phi) is 4.17. The topological polar surface area (TPSA) is 55.4 Å². The summed E-state index contributed by atoms with van der Waals surface area (Å²) in [5, 5.41) is 2.72. The molecular formula is C13H23NO3. The van der Waals surface area contributed by atoms with E-state index < -0.39 is 11.7 Å². The number of ether oxygens (including phenoxy) is 1. The Morgan fingerprint density at radius 3 is 2.18 bits per heavy atom. The monoisotopic (exact) mass is 241 g/mol. The van der Waals surface area contributed by atoms with E-state index in [0.29, 0.717) is 0 Å². The number of carbonyl (C=O) groups excluding carboxylic acids is 2. The van der Waals surface area contributed by atoms with E-state index in [-0.39, 0.29) is 23.7 Å². The van der Waals surface area contributed by atoms with Crippen LogP contribution in [-0.2, 0) is 9.53 Å². The third-order valence-corrected chi connectivity index (χ3v) is 2.92. The first-order valence-corrected chi connectivity index (χ1v) is 6.24. The van der Waals surface area contributed by atoms with Gasteiger partial charge in [0.25, 0.3) is 0 Å². The first-order chi connectivity index (χ1) is 7.70. The number of alkyl carbamates (subject to hydrolysis) is 1. The minimum atomic E-state index is -0.506. The lowest BCUT2D eigenvalue weighted by molar-refractivity contribution is -0.124. The standard InChI is InChI=1S/C13H23NO3/c1-8(11(15)10-6-7-10)9(2)14-12(16)17-13(3,4)5/h8-10H,6-7H2,1-5H3,(H,14,16). The molecular weight excluding hydrogens is 218 g/mol. The number of amides is 1. The number of rotatable bonds is 4. The molecule has 1 amide bonds. The molecule has 1 N–H and O–H groups in total. The van der Waals surface area contributed by atoms with Crippen molar-refractivity contribution in [1.82, 2.24) is 5.32 Å². The van der Waals surface area contributed by atoms with Crippen molar-refractivity contribution in [3.63, 3.8) is 0 Å². The molecule has 1 saturated carbocycles. The fraction of sp³-hybridized carbons (Fsp3) is 0.846. The zero-order valence-electron chi connectivity index (χ0n) is 11.4. The fourth-order valence-electron chi connectivity index (χ4n) is 1.60. The van der Waals surface area contributed by atoms with Crippen molar-refractivity contribution in [2.75, 3.05) is 0 Å². The van der Waals surface area contributed by atoms with Gasteiger partial charge >= 0.3 is 6.09 Å². The Morgan fingerprint density at radius 1 is 1.24 bits per heavy atom. The fourth-order valence-corrected chi connectivity index (χ4v) is 1.60. The summed E-state index contributed by atoms with van der Waals surface area (Å²) in [5.41, 5.74) is -0.506. The van der Waals surface area contributed by atoms with Gasteiger partial charge in [-0.15, -0.1) is 0 Å². The van der Waals surface area contributed by atoms with Gasteiger partial charge in [-0.1, -0.05) is 6.92 Å². The van der Waals surface area contributed by atoms with Gasteiger partial charge in [0.05, 0.1) is 0 Å². The van der Waals surface area contributed by atoms with E-state index in [1.165, 1.54) is 0 Å². The molecule has 1 aliphatic carbocycles. The van der Waals surface area contributed by atoms with Gasteiger partial charge in [0, 0.05) is 17.9 Å². The van der Waals surface area contributed by atoms with Crippen LogP contribution in [0.3, 0.4) is 0 Å². The van der Waals surface area contributed by atoms with Crippen LogP contribution in [0.25, 0.3) is 0 Å². The zero-order chi connectivity index (χ0) is 13.2. The molecule has 0 heterocycles. The summed E-state index contributed by atoms with van der Waals surface area (Å²) in [6, 6.07) is -0.182. The maximum atomic E-state index is 11.8. The molecule has 0 saturated heterocycles. The second-order valence-electron chi connectivity index (χ2n) is 5.90. The molecule has 4 nitrogen and oxygen atoms in total. The molecule has 98 valence electrons.